The Labute approximate surface area is 543 Å². The summed E-state index contributed by atoms with van der Waals surface area (Å²) >= 11 is 0. The van der Waals surface area contributed by atoms with E-state index in [1.165, 1.54) is 263 Å². The van der Waals surface area contributed by atoms with Crippen molar-refractivity contribution < 1.29 is 39.8 Å². The van der Waals surface area contributed by atoms with E-state index in [0.29, 0.717) is 6.42 Å². The van der Waals surface area contributed by atoms with E-state index < -0.39 is 49.5 Å². The number of aliphatic hydroxyl groups excluding tert-OH is 5. The molecule has 0 saturated carbocycles. The molecule has 0 bridgehead atoms. The average Bonchev–Trinajstić information content (AvgIpc) is 3.65. The van der Waals surface area contributed by atoms with Crippen LogP contribution in [0.25, 0.3) is 0 Å². The Kier molecular flexibility index (Phi) is 63.7. The topological polar surface area (TPSA) is 149 Å². The van der Waals surface area contributed by atoms with Crippen LogP contribution in [0.2, 0.25) is 0 Å². The van der Waals surface area contributed by atoms with Gasteiger partial charge in [-0.3, -0.25) is 4.79 Å². The van der Waals surface area contributed by atoms with Gasteiger partial charge in [0.25, 0.3) is 0 Å². The van der Waals surface area contributed by atoms with Crippen molar-refractivity contribution in [3.05, 3.63) is 85.1 Å². The molecule has 1 aliphatic heterocycles. The standard InChI is InChI=1S/C79H143NO8/c1-3-5-7-9-11-13-15-17-19-21-23-25-27-29-31-33-35-36-37-38-39-41-43-45-47-49-51-53-55-57-59-61-63-65-67-69-75(83)80-72(71-87-79-78(86)77(85)76(84)74(70-81)88-79)73(82)68-66-64-62-60-58-56-54-52-50-48-46-44-42-40-34-32-30-28-26-24-22-20-18-16-14-12-10-8-6-4-2/h5,7,11,13,17,19,23,25,29,31,58,60,66,68,72-74,76-79,81-82,84-86H,3-4,6,8-10,12,14-16,18,20-22,24,26-28,30,32-57,59,61-65,67,69-71H2,1-2H3,(H,80,83)/b7-5-,13-11-,19-17-,25-23-,31-29-,60-58+,68-66+. The molecule has 1 fully saturated rings. The van der Waals surface area contributed by atoms with E-state index in [0.717, 1.165) is 70.6 Å². The second-order valence-electron chi connectivity index (χ2n) is 26.1. The molecule has 0 aromatic carbocycles. The molecular formula is C79H143NO8. The van der Waals surface area contributed by atoms with Crippen molar-refractivity contribution in [2.75, 3.05) is 13.2 Å². The summed E-state index contributed by atoms with van der Waals surface area (Å²) in [5, 5.41) is 54.8. The number of ether oxygens (including phenoxy) is 2. The summed E-state index contributed by atoms with van der Waals surface area (Å²) in [5.74, 6) is -0.182. The third-order valence-electron chi connectivity index (χ3n) is 17.7. The molecule has 0 aromatic rings. The molecule has 512 valence electrons. The monoisotopic (exact) mass is 1230 g/mol. The van der Waals surface area contributed by atoms with Crippen molar-refractivity contribution >= 4 is 5.91 Å². The molecule has 9 heteroatoms. The van der Waals surface area contributed by atoms with Crippen LogP contribution >= 0.6 is 0 Å². The van der Waals surface area contributed by atoms with Crippen LogP contribution in [0.4, 0.5) is 0 Å². The lowest BCUT2D eigenvalue weighted by Gasteiger charge is -2.40. The molecule has 0 spiro atoms. The van der Waals surface area contributed by atoms with Gasteiger partial charge < -0.3 is 40.3 Å². The van der Waals surface area contributed by atoms with Gasteiger partial charge in [0.15, 0.2) is 6.29 Å². The van der Waals surface area contributed by atoms with Crippen molar-refractivity contribution in [3.8, 4) is 0 Å². The Hall–Kier alpha value is -2.63. The molecule has 1 aliphatic rings. The van der Waals surface area contributed by atoms with Gasteiger partial charge in [-0.25, -0.2) is 0 Å². The van der Waals surface area contributed by atoms with E-state index in [4.69, 9.17) is 9.47 Å². The molecule has 1 saturated heterocycles. The second-order valence-corrected chi connectivity index (χ2v) is 26.1. The maximum Gasteiger partial charge on any atom is 0.220 e. The number of allylic oxidation sites excluding steroid dienone is 13. The summed E-state index contributed by atoms with van der Waals surface area (Å²) in [6.07, 6.45) is 90.0. The largest absolute Gasteiger partial charge is 0.394 e. The number of aliphatic hydroxyl groups is 5. The first-order chi connectivity index (χ1) is 43.3. The normalized spacial score (nSPS) is 18.4. The SMILES string of the molecule is CC/C=C\C/C=C\C/C=C\C/C=C\C/C=C\CCCCCCCCCCCCCCCCCCCCCC(=O)NC(COC1OC(CO)C(O)C(O)C1O)C(O)/C=C/CC/C=C/CCCCCCCCCCCCCCCCCCCCCCCCCC. The van der Waals surface area contributed by atoms with E-state index in [1.54, 1.807) is 6.08 Å². The maximum atomic E-state index is 13.2. The Balaban J connectivity index is 2.11. The number of unbranched alkanes of at least 4 members (excludes halogenated alkanes) is 44. The van der Waals surface area contributed by atoms with E-state index >= 15 is 0 Å². The smallest absolute Gasteiger partial charge is 0.220 e. The van der Waals surface area contributed by atoms with Gasteiger partial charge in [0, 0.05) is 6.42 Å². The van der Waals surface area contributed by atoms with E-state index in [1.807, 2.05) is 6.08 Å². The average molecular weight is 1240 g/mol. The zero-order valence-electron chi connectivity index (χ0n) is 57.5. The lowest BCUT2D eigenvalue weighted by molar-refractivity contribution is -0.302. The van der Waals surface area contributed by atoms with Crippen LogP contribution in [0.15, 0.2) is 85.1 Å². The van der Waals surface area contributed by atoms with Crippen LogP contribution in [-0.2, 0) is 14.3 Å². The van der Waals surface area contributed by atoms with Crippen molar-refractivity contribution in [1.29, 1.82) is 0 Å². The van der Waals surface area contributed by atoms with Gasteiger partial charge in [0.2, 0.25) is 5.91 Å². The minimum atomic E-state index is -1.58. The molecule has 1 rings (SSSR count). The van der Waals surface area contributed by atoms with Crippen LogP contribution in [-0.4, -0.2) is 87.5 Å². The number of amides is 1. The first-order valence-corrected chi connectivity index (χ1v) is 37.8. The van der Waals surface area contributed by atoms with Gasteiger partial charge in [-0.2, -0.15) is 0 Å². The van der Waals surface area contributed by atoms with Gasteiger partial charge in [0.1, 0.15) is 24.4 Å². The Morgan fingerprint density at radius 3 is 1.09 bits per heavy atom. The van der Waals surface area contributed by atoms with E-state index in [-0.39, 0.29) is 12.5 Å². The first-order valence-electron chi connectivity index (χ1n) is 37.8. The first kappa shape index (κ1) is 83.4. The lowest BCUT2D eigenvalue weighted by atomic mass is 9.99. The fraction of sp³-hybridized carbons (Fsp3) is 0.810. The van der Waals surface area contributed by atoms with Crippen LogP contribution in [0.1, 0.15) is 354 Å². The van der Waals surface area contributed by atoms with E-state index in [2.05, 4.69) is 92.1 Å². The van der Waals surface area contributed by atoms with Crippen molar-refractivity contribution in [1.82, 2.24) is 5.32 Å². The van der Waals surface area contributed by atoms with Gasteiger partial charge in [-0.15, -0.1) is 0 Å². The van der Waals surface area contributed by atoms with Crippen molar-refractivity contribution in [3.63, 3.8) is 0 Å². The van der Waals surface area contributed by atoms with Gasteiger partial charge in [0.05, 0.1) is 25.4 Å². The van der Waals surface area contributed by atoms with Crippen molar-refractivity contribution in [2.24, 2.45) is 0 Å². The molecule has 88 heavy (non-hydrogen) atoms. The Morgan fingerprint density at radius 2 is 0.716 bits per heavy atom. The number of carbonyl (C=O) groups is 1. The van der Waals surface area contributed by atoms with Gasteiger partial charge in [-0.05, 0) is 77.0 Å². The number of hydrogen-bond donors (Lipinski definition) is 6. The summed E-state index contributed by atoms with van der Waals surface area (Å²) in [4.78, 5) is 13.2. The Bertz CT molecular complexity index is 1670. The molecule has 7 unspecified atom stereocenters. The predicted molar refractivity (Wildman–Crippen MR) is 378 cm³/mol. The summed E-state index contributed by atoms with van der Waals surface area (Å²) in [5.41, 5.74) is 0. The summed E-state index contributed by atoms with van der Waals surface area (Å²) in [7, 11) is 0. The van der Waals surface area contributed by atoms with Crippen LogP contribution in [0.5, 0.6) is 0 Å². The highest BCUT2D eigenvalue weighted by Crippen LogP contribution is 2.23. The molecule has 9 nitrogen and oxygen atoms in total. The number of hydrogen-bond acceptors (Lipinski definition) is 8. The highest BCUT2D eigenvalue weighted by Gasteiger charge is 2.44. The zero-order valence-corrected chi connectivity index (χ0v) is 57.5. The lowest BCUT2D eigenvalue weighted by Crippen LogP contribution is -2.60. The molecule has 6 N–H and O–H groups in total. The molecule has 1 heterocycles. The number of rotatable bonds is 66. The van der Waals surface area contributed by atoms with Gasteiger partial charge in [-0.1, -0.05) is 356 Å². The minimum absolute atomic E-state index is 0.182. The molecule has 0 radical (unpaired) electrons. The molecule has 7 atom stereocenters. The summed E-state index contributed by atoms with van der Waals surface area (Å²) < 4.78 is 11.3. The highest BCUT2D eigenvalue weighted by atomic mass is 16.7. The van der Waals surface area contributed by atoms with Crippen LogP contribution < -0.4 is 5.32 Å². The Morgan fingerprint density at radius 1 is 0.398 bits per heavy atom. The molecule has 1 amide bonds. The summed E-state index contributed by atoms with van der Waals surface area (Å²) in [6, 6.07) is -0.826. The fourth-order valence-corrected chi connectivity index (χ4v) is 11.9. The number of carbonyl (C=O) groups excluding carboxylic acids is 1. The summed E-state index contributed by atoms with van der Waals surface area (Å²) in [6.45, 7) is 3.69. The van der Waals surface area contributed by atoms with E-state index in [9.17, 15) is 30.3 Å². The number of nitrogens with one attached hydrogen (secondary N) is 1. The van der Waals surface area contributed by atoms with Crippen LogP contribution in [0, 0.1) is 0 Å². The molecular weight excluding hydrogens is 1090 g/mol. The quantitative estimate of drug-likeness (QED) is 0.0261. The third-order valence-corrected chi connectivity index (χ3v) is 17.7. The second kappa shape index (κ2) is 67.3. The maximum absolute atomic E-state index is 13.2. The minimum Gasteiger partial charge on any atom is -0.394 e. The molecule has 0 aromatic heterocycles. The zero-order chi connectivity index (χ0) is 63.5. The molecule has 0 aliphatic carbocycles. The van der Waals surface area contributed by atoms with Crippen LogP contribution in [0.3, 0.4) is 0 Å². The van der Waals surface area contributed by atoms with Crippen molar-refractivity contribution in [2.45, 2.75) is 397 Å². The fourth-order valence-electron chi connectivity index (χ4n) is 11.9. The highest BCUT2D eigenvalue weighted by molar-refractivity contribution is 5.76. The third kappa shape index (κ3) is 55.0. The van der Waals surface area contributed by atoms with Gasteiger partial charge >= 0.3 is 0 Å². The predicted octanol–water partition coefficient (Wildman–Crippen LogP) is 21.3.